The number of aromatic nitrogens is 2. The van der Waals surface area contributed by atoms with Crippen molar-refractivity contribution in [2.75, 3.05) is 49.1 Å². The molecular weight excluding hydrogens is 454 g/mol. The molecule has 0 bridgehead atoms. The normalized spacial score (nSPS) is 19.1. The van der Waals surface area contributed by atoms with Gasteiger partial charge >= 0.3 is 0 Å². The van der Waals surface area contributed by atoms with E-state index in [1.807, 2.05) is 41.3 Å². The minimum Gasteiger partial charge on any atom is -0.368 e. The lowest BCUT2D eigenvalue weighted by atomic mass is 9.96. The van der Waals surface area contributed by atoms with E-state index in [0.29, 0.717) is 0 Å². The lowest BCUT2D eigenvalue weighted by molar-refractivity contribution is -0.136. The molecule has 172 valence electrons. The molecule has 6 nitrogen and oxygen atoms in total. The van der Waals surface area contributed by atoms with E-state index in [0.717, 1.165) is 80.2 Å². The largest absolute Gasteiger partial charge is 0.368 e. The molecule has 2 aromatic carbocycles. The van der Waals surface area contributed by atoms with Gasteiger partial charge in [-0.25, -0.2) is 4.98 Å². The van der Waals surface area contributed by atoms with Gasteiger partial charge in [0.05, 0.1) is 5.92 Å². The number of amides is 1. The average molecular weight is 482 g/mol. The van der Waals surface area contributed by atoms with Gasteiger partial charge in [0.15, 0.2) is 0 Å². The second kappa shape index (κ2) is 10.1. The van der Waals surface area contributed by atoms with Crippen molar-refractivity contribution >= 4 is 39.9 Å². The number of anilines is 2. The quantitative estimate of drug-likeness (QED) is 0.542. The number of piperazine rings is 1. The van der Waals surface area contributed by atoms with Gasteiger partial charge in [-0.15, -0.1) is 0 Å². The highest BCUT2D eigenvalue weighted by atomic mass is 35.5. The van der Waals surface area contributed by atoms with Gasteiger partial charge in [0, 0.05) is 67.9 Å². The standard InChI is InChI=1S/C25H28ClN5OS/c26-21-9-4-10-22(17-21)29-12-14-30(15-13-29)24(32)20-8-5-11-31(18-20)25-27-23(28-33-25)16-19-6-2-1-3-7-19/h1-4,6-7,9-10,17,20H,5,8,11-16,18H2. The van der Waals surface area contributed by atoms with Gasteiger partial charge in [0.25, 0.3) is 0 Å². The monoisotopic (exact) mass is 481 g/mol. The van der Waals surface area contributed by atoms with Crippen molar-refractivity contribution in [1.82, 2.24) is 14.3 Å². The fraction of sp³-hybridized carbons (Fsp3) is 0.400. The molecule has 1 amide bonds. The minimum atomic E-state index is 0.0259. The zero-order chi connectivity index (χ0) is 22.6. The Morgan fingerprint density at radius 3 is 2.61 bits per heavy atom. The summed E-state index contributed by atoms with van der Waals surface area (Å²) in [6.07, 6.45) is 2.69. The van der Waals surface area contributed by atoms with Crippen molar-refractivity contribution in [2.24, 2.45) is 5.92 Å². The first kappa shape index (κ1) is 22.2. The lowest BCUT2D eigenvalue weighted by Crippen LogP contribution is -2.52. The van der Waals surface area contributed by atoms with Crippen LogP contribution in [0.25, 0.3) is 0 Å². The summed E-state index contributed by atoms with van der Waals surface area (Å²) in [5.41, 5.74) is 2.34. The summed E-state index contributed by atoms with van der Waals surface area (Å²) in [6.45, 7) is 4.84. The van der Waals surface area contributed by atoms with Gasteiger partial charge in [-0.3, -0.25) is 4.79 Å². The van der Waals surface area contributed by atoms with Crippen LogP contribution in [-0.4, -0.2) is 59.4 Å². The number of hydrogen-bond acceptors (Lipinski definition) is 6. The van der Waals surface area contributed by atoms with Crippen molar-refractivity contribution < 1.29 is 4.79 Å². The summed E-state index contributed by atoms with van der Waals surface area (Å²) in [7, 11) is 0. The first-order valence-electron chi connectivity index (χ1n) is 11.6. The van der Waals surface area contributed by atoms with Crippen LogP contribution >= 0.6 is 23.1 Å². The number of benzene rings is 2. The topological polar surface area (TPSA) is 52.6 Å². The average Bonchev–Trinajstić information content (AvgIpc) is 3.33. The molecular formula is C25H28ClN5OS. The van der Waals surface area contributed by atoms with E-state index in [-0.39, 0.29) is 11.8 Å². The van der Waals surface area contributed by atoms with Crippen molar-refractivity contribution in [3.05, 3.63) is 71.0 Å². The first-order valence-corrected chi connectivity index (χ1v) is 12.7. The molecule has 8 heteroatoms. The SMILES string of the molecule is O=C(C1CCCN(c2nc(Cc3ccccc3)ns2)C1)N1CCN(c2cccc(Cl)c2)CC1. The second-order valence-electron chi connectivity index (χ2n) is 8.73. The summed E-state index contributed by atoms with van der Waals surface area (Å²) in [5.74, 6) is 1.16. The number of carbonyl (C=O) groups is 1. The van der Waals surface area contributed by atoms with E-state index in [1.165, 1.54) is 17.1 Å². The molecule has 5 rings (SSSR count). The molecule has 3 aromatic rings. The van der Waals surface area contributed by atoms with Crippen LogP contribution in [0.15, 0.2) is 54.6 Å². The maximum Gasteiger partial charge on any atom is 0.227 e. The fourth-order valence-electron chi connectivity index (χ4n) is 4.69. The number of carbonyl (C=O) groups excluding carboxylic acids is 1. The van der Waals surface area contributed by atoms with Crippen molar-refractivity contribution in [2.45, 2.75) is 19.3 Å². The molecule has 2 fully saturated rings. The van der Waals surface area contributed by atoms with E-state index in [1.54, 1.807) is 0 Å². The number of rotatable bonds is 5. The van der Waals surface area contributed by atoms with Crippen LogP contribution in [-0.2, 0) is 11.2 Å². The van der Waals surface area contributed by atoms with Gasteiger partial charge in [0.2, 0.25) is 11.0 Å². The van der Waals surface area contributed by atoms with Crippen LogP contribution in [0.2, 0.25) is 5.02 Å². The van der Waals surface area contributed by atoms with Crippen LogP contribution in [0.5, 0.6) is 0 Å². The van der Waals surface area contributed by atoms with Crippen LogP contribution in [0.4, 0.5) is 10.8 Å². The number of nitrogens with zero attached hydrogens (tertiary/aromatic N) is 5. The van der Waals surface area contributed by atoms with E-state index >= 15 is 0 Å². The highest BCUT2D eigenvalue weighted by Gasteiger charge is 2.32. The smallest absolute Gasteiger partial charge is 0.227 e. The number of halogens is 1. The molecule has 33 heavy (non-hydrogen) atoms. The Morgan fingerprint density at radius 2 is 1.82 bits per heavy atom. The predicted molar refractivity (Wildman–Crippen MR) is 134 cm³/mol. The zero-order valence-electron chi connectivity index (χ0n) is 18.6. The Labute approximate surface area is 204 Å². The summed E-state index contributed by atoms with van der Waals surface area (Å²) < 4.78 is 4.57. The third kappa shape index (κ3) is 5.31. The fourth-order valence-corrected chi connectivity index (χ4v) is 5.60. The Hall–Kier alpha value is -2.64. The van der Waals surface area contributed by atoms with E-state index in [4.69, 9.17) is 16.6 Å². The van der Waals surface area contributed by atoms with Crippen LogP contribution in [0, 0.1) is 5.92 Å². The van der Waals surface area contributed by atoms with Crippen molar-refractivity contribution in [1.29, 1.82) is 0 Å². The molecule has 2 aliphatic heterocycles. The third-order valence-electron chi connectivity index (χ3n) is 6.47. The summed E-state index contributed by atoms with van der Waals surface area (Å²) in [5, 5.41) is 1.68. The predicted octanol–water partition coefficient (Wildman–Crippen LogP) is 4.35. The number of hydrogen-bond donors (Lipinski definition) is 0. The van der Waals surface area contributed by atoms with Crippen LogP contribution < -0.4 is 9.80 Å². The molecule has 0 N–H and O–H groups in total. The van der Waals surface area contributed by atoms with E-state index in [2.05, 4.69) is 32.4 Å². The minimum absolute atomic E-state index is 0.0259. The van der Waals surface area contributed by atoms with Gasteiger partial charge < -0.3 is 14.7 Å². The van der Waals surface area contributed by atoms with Crippen LogP contribution in [0.3, 0.4) is 0 Å². The van der Waals surface area contributed by atoms with Gasteiger partial charge in [-0.1, -0.05) is 48.0 Å². The molecule has 1 unspecified atom stereocenters. The molecule has 1 atom stereocenters. The van der Waals surface area contributed by atoms with Crippen molar-refractivity contribution in [3.8, 4) is 0 Å². The summed E-state index contributed by atoms with van der Waals surface area (Å²) in [6, 6.07) is 18.2. The molecule has 2 saturated heterocycles. The Morgan fingerprint density at radius 1 is 1.00 bits per heavy atom. The van der Waals surface area contributed by atoms with Gasteiger partial charge in [-0.05, 0) is 36.6 Å². The molecule has 0 radical (unpaired) electrons. The maximum absolute atomic E-state index is 13.3. The van der Waals surface area contributed by atoms with E-state index in [9.17, 15) is 4.79 Å². The van der Waals surface area contributed by atoms with Crippen molar-refractivity contribution in [3.63, 3.8) is 0 Å². The molecule has 3 heterocycles. The Kier molecular flexibility index (Phi) is 6.78. The Bertz CT molecular complexity index is 1080. The molecule has 0 saturated carbocycles. The van der Waals surface area contributed by atoms with Crippen LogP contribution in [0.1, 0.15) is 24.2 Å². The van der Waals surface area contributed by atoms with Gasteiger partial charge in [-0.2, -0.15) is 4.37 Å². The second-order valence-corrected chi connectivity index (χ2v) is 9.90. The third-order valence-corrected chi connectivity index (χ3v) is 7.52. The highest BCUT2D eigenvalue weighted by molar-refractivity contribution is 7.09. The van der Waals surface area contributed by atoms with E-state index < -0.39 is 0 Å². The number of piperidine rings is 1. The summed E-state index contributed by atoms with van der Waals surface area (Å²) >= 11 is 7.59. The highest BCUT2D eigenvalue weighted by Crippen LogP contribution is 2.27. The molecule has 0 aliphatic carbocycles. The summed E-state index contributed by atoms with van der Waals surface area (Å²) in [4.78, 5) is 24.7. The molecule has 0 spiro atoms. The molecule has 2 aliphatic rings. The lowest BCUT2D eigenvalue weighted by Gasteiger charge is -2.39. The molecule has 1 aromatic heterocycles. The first-order chi connectivity index (χ1) is 16.2. The Balaban J connectivity index is 1.17. The zero-order valence-corrected chi connectivity index (χ0v) is 20.1. The maximum atomic E-state index is 13.3. The van der Waals surface area contributed by atoms with Gasteiger partial charge in [0.1, 0.15) is 5.82 Å².